The zero-order valence-corrected chi connectivity index (χ0v) is 13.8. The minimum atomic E-state index is -5.69. The molecule has 2 heterocycles. The van der Waals surface area contributed by atoms with Crippen LogP contribution in [0.5, 0.6) is 5.75 Å². The van der Waals surface area contributed by atoms with Crippen molar-refractivity contribution < 1.29 is 25.8 Å². The summed E-state index contributed by atoms with van der Waals surface area (Å²) >= 11 is 0. The van der Waals surface area contributed by atoms with Crippen LogP contribution in [0.25, 0.3) is 22.3 Å². The van der Waals surface area contributed by atoms with Crippen LogP contribution in [0.2, 0.25) is 0 Å². The van der Waals surface area contributed by atoms with Crippen LogP contribution in [0.4, 0.5) is 13.2 Å². The van der Waals surface area contributed by atoms with E-state index < -0.39 is 21.4 Å². The van der Waals surface area contributed by atoms with E-state index >= 15 is 0 Å². The fraction of sp³-hybridized carbons (Fsp3) is 0.0588. The lowest BCUT2D eigenvalue weighted by Crippen LogP contribution is -2.28. The van der Waals surface area contributed by atoms with Gasteiger partial charge < -0.3 is 4.18 Å². The average molecular weight is 380 g/mol. The molecule has 0 saturated carbocycles. The van der Waals surface area contributed by atoms with E-state index in [9.17, 15) is 21.6 Å². The lowest BCUT2D eigenvalue weighted by atomic mass is 10.0. The highest BCUT2D eigenvalue weighted by Crippen LogP contribution is 2.29. The third-order valence-electron chi connectivity index (χ3n) is 3.43. The number of aromatic nitrogens is 2. The molecule has 1 aromatic carbocycles. The zero-order chi connectivity index (χ0) is 18.8. The molecule has 5 nitrogen and oxygen atoms in total. The van der Waals surface area contributed by atoms with Crippen LogP contribution in [0.15, 0.2) is 67.3 Å². The van der Waals surface area contributed by atoms with E-state index in [1.165, 1.54) is 12.1 Å². The van der Waals surface area contributed by atoms with E-state index in [0.717, 1.165) is 23.3 Å². The molecule has 26 heavy (non-hydrogen) atoms. The molecule has 2 aromatic heterocycles. The van der Waals surface area contributed by atoms with Gasteiger partial charge in [-0.05, 0) is 41.5 Å². The van der Waals surface area contributed by atoms with E-state index in [1.807, 2.05) is 18.2 Å². The van der Waals surface area contributed by atoms with Crippen LogP contribution in [0, 0.1) is 0 Å². The maximum absolute atomic E-state index is 12.3. The summed E-state index contributed by atoms with van der Waals surface area (Å²) < 4.78 is 63.1. The number of benzene rings is 1. The van der Waals surface area contributed by atoms with Gasteiger partial charge in [0, 0.05) is 35.9 Å². The third kappa shape index (κ3) is 3.83. The molecule has 0 amide bonds. The zero-order valence-electron chi connectivity index (χ0n) is 13.0. The molecule has 0 radical (unpaired) electrons. The molecule has 0 N–H and O–H groups in total. The first-order chi connectivity index (χ1) is 12.3. The number of nitrogens with zero attached hydrogens (tertiary/aromatic N) is 2. The lowest BCUT2D eigenvalue weighted by molar-refractivity contribution is -0.0500. The van der Waals surface area contributed by atoms with Gasteiger partial charge in [0.2, 0.25) is 0 Å². The molecule has 0 unspecified atom stereocenters. The summed E-state index contributed by atoms with van der Waals surface area (Å²) in [7, 11) is -5.69. The van der Waals surface area contributed by atoms with Gasteiger partial charge >= 0.3 is 15.6 Å². The van der Waals surface area contributed by atoms with Gasteiger partial charge in [0.1, 0.15) is 5.75 Å². The first kappa shape index (κ1) is 17.9. The highest BCUT2D eigenvalue weighted by atomic mass is 32.2. The predicted octanol–water partition coefficient (Wildman–Crippen LogP) is 4.04. The molecular weight excluding hydrogens is 369 g/mol. The lowest BCUT2D eigenvalue weighted by Gasteiger charge is -2.10. The van der Waals surface area contributed by atoms with Gasteiger partial charge in [0.25, 0.3) is 0 Å². The Hall–Kier alpha value is -2.94. The summed E-state index contributed by atoms with van der Waals surface area (Å²) in [6.45, 7) is 0. The molecule has 0 aliphatic heterocycles. The van der Waals surface area contributed by atoms with E-state index in [0.29, 0.717) is 11.1 Å². The van der Waals surface area contributed by atoms with E-state index in [1.54, 1.807) is 24.8 Å². The molecule has 0 spiro atoms. The van der Waals surface area contributed by atoms with Gasteiger partial charge in [-0.3, -0.25) is 9.97 Å². The molecule has 0 fully saturated rings. The Morgan fingerprint density at radius 2 is 1.31 bits per heavy atom. The summed E-state index contributed by atoms with van der Waals surface area (Å²) in [5.41, 5.74) is -2.38. The molecule has 0 saturated heterocycles. The van der Waals surface area contributed by atoms with Gasteiger partial charge in [-0.2, -0.15) is 21.6 Å². The number of halogens is 3. The summed E-state index contributed by atoms with van der Waals surface area (Å²) in [6.07, 6.45) is 6.56. The quantitative estimate of drug-likeness (QED) is 0.505. The topological polar surface area (TPSA) is 69.2 Å². The number of hydrogen-bond donors (Lipinski definition) is 0. The summed E-state index contributed by atoms with van der Waals surface area (Å²) in [5.74, 6) is -0.427. The largest absolute Gasteiger partial charge is 0.534 e. The van der Waals surface area contributed by atoms with Crippen molar-refractivity contribution in [1.82, 2.24) is 9.97 Å². The van der Waals surface area contributed by atoms with Crippen molar-refractivity contribution >= 4 is 10.1 Å². The smallest absolute Gasteiger partial charge is 0.376 e. The van der Waals surface area contributed by atoms with Crippen molar-refractivity contribution in [3.8, 4) is 28.0 Å². The first-order valence-corrected chi connectivity index (χ1v) is 8.64. The molecule has 0 bridgehead atoms. The Bertz CT molecular complexity index is 1010. The minimum Gasteiger partial charge on any atom is -0.376 e. The highest BCUT2D eigenvalue weighted by molar-refractivity contribution is 7.88. The van der Waals surface area contributed by atoms with Gasteiger partial charge in [0.15, 0.2) is 0 Å². The predicted molar refractivity (Wildman–Crippen MR) is 88.5 cm³/mol. The Morgan fingerprint density at radius 3 is 1.85 bits per heavy atom. The SMILES string of the molecule is O=S(=O)(Oc1ccc(-c2cncc(-c3ccncc3)c2)cc1)C(F)(F)F. The van der Waals surface area contributed by atoms with Crippen molar-refractivity contribution in [3.63, 3.8) is 0 Å². The Balaban J connectivity index is 1.86. The monoisotopic (exact) mass is 380 g/mol. The van der Waals surface area contributed by atoms with Crippen LogP contribution < -0.4 is 4.18 Å². The standard InChI is InChI=1S/C17H11F3N2O3S/c18-17(19,20)26(23,24)25-16-3-1-12(2-4-16)14-9-15(11-22-10-14)13-5-7-21-8-6-13/h1-11H. The summed E-state index contributed by atoms with van der Waals surface area (Å²) in [4.78, 5) is 8.10. The van der Waals surface area contributed by atoms with E-state index in [-0.39, 0.29) is 0 Å². The Kier molecular flexibility index (Phi) is 4.64. The second-order valence-corrected chi connectivity index (χ2v) is 6.74. The van der Waals surface area contributed by atoms with Crippen molar-refractivity contribution in [2.24, 2.45) is 0 Å². The first-order valence-electron chi connectivity index (χ1n) is 7.23. The number of hydrogen-bond acceptors (Lipinski definition) is 5. The maximum atomic E-state index is 12.3. The highest BCUT2D eigenvalue weighted by Gasteiger charge is 2.48. The van der Waals surface area contributed by atoms with Crippen molar-refractivity contribution in [2.75, 3.05) is 0 Å². The summed E-state index contributed by atoms with van der Waals surface area (Å²) in [6, 6.07) is 10.7. The van der Waals surface area contributed by atoms with Gasteiger partial charge in [-0.25, -0.2) is 0 Å². The van der Waals surface area contributed by atoms with E-state index in [4.69, 9.17) is 0 Å². The van der Waals surface area contributed by atoms with Crippen LogP contribution in [0.3, 0.4) is 0 Å². The molecule has 0 atom stereocenters. The molecule has 9 heteroatoms. The van der Waals surface area contributed by atoms with Gasteiger partial charge in [0.05, 0.1) is 0 Å². The molecule has 0 aliphatic carbocycles. The Labute approximate surface area is 147 Å². The van der Waals surface area contributed by atoms with Crippen molar-refractivity contribution in [1.29, 1.82) is 0 Å². The molecule has 3 aromatic rings. The maximum Gasteiger partial charge on any atom is 0.534 e. The van der Waals surface area contributed by atoms with Crippen molar-refractivity contribution in [2.45, 2.75) is 5.51 Å². The second kappa shape index (κ2) is 6.75. The van der Waals surface area contributed by atoms with Gasteiger partial charge in [-0.1, -0.05) is 12.1 Å². The number of rotatable bonds is 4. The van der Waals surface area contributed by atoms with Gasteiger partial charge in [-0.15, -0.1) is 0 Å². The second-order valence-electron chi connectivity index (χ2n) is 5.21. The molecule has 134 valence electrons. The molecule has 0 aliphatic rings. The Morgan fingerprint density at radius 1 is 0.769 bits per heavy atom. The fourth-order valence-corrected chi connectivity index (χ4v) is 2.64. The summed E-state index contributed by atoms with van der Waals surface area (Å²) in [5, 5.41) is 0. The molecule has 3 rings (SSSR count). The van der Waals surface area contributed by atoms with Crippen LogP contribution in [0.1, 0.15) is 0 Å². The minimum absolute atomic E-state index is 0.427. The average Bonchev–Trinajstić information content (AvgIpc) is 2.62. The molecular formula is C17H11F3N2O3S. The van der Waals surface area contributed by atoms with Crippen LogP contribution >= 0.6 is 0 Å². The van der Waals surface area contributed by atoms with E-state index in [2.05, 4.69) is 14.2 Å². The normalized spacial score (nSPS) is 12.0. The van der Waals surface area contributed by atoms with Crippen molar-refractivity contribution in [3.05, 3.63) is 67.3 Å². The number of pyridine rings is 2. The van der Waals surface area contributed by atoms with Crippen LogP contribution in [-0.2, 0) is 10.1 Å². The number of alkyl halides is 3. The third-order valence-corrected chi connectivity index (χ3v) is 4.41. The van der Waals surface area contributed by atoms with Crippen LogP contribution in [-0.4, -0.2) is 23.9 Å². The fourth-order valence-electron chi connectivity index (χ4n) is 2.18.